The second-order valence-electron chi connectivity index (χ2n) is 6.91. The summed E-state index contributed by atoms with van der Waals surface area (Å²) in [4.78, 5) is 24.4. The van der Waals surface area contributed by atoms with Crippen LogP contribution in [-0.4, -0.2) is 35.6 Å². The molecule has 4 rings (SSSR count). The van der Waals surface area contributed by atoms with Crippen molar-refractivity contribution >= 4 is 17.4 Å². The van der Waals surface area contributed by atoms with E-state index in [1.807, 2.05) is 61.5 Å². The van der Waals surface area contributed by atoms with Crippen LogP contribution >= 0.6 is 0 Å². The minimum Gasteiger partial charge on any atom is -0.494 e. The predicted octanol–water partition coefficient (Wildman–Crippen LogP) is 4.39. The van der Waals surface area contributed by atoms with Gasteiger partial charge in [-0.05, 0) is 44.0 Å². The maximum atomic E-state index is 12.9. The highest BCUT2D eigenvalue weighted by Gasteiger charge is 2.19. The molecule has 0 aliphatic carbocycles. The SMILES string of the molecule is CCOc1ccc(NC(=O)c2cc(N3CCCC3)nc(-c3ccccc3)n2)cc1. The van der Waals surface area contributed by atoms with Crippen molar-refractivity contribution in [2.45, 2.75) is 19.8 Å². The van der Waals surface area contributed by atoms with Gasteiger partial charge in [-0.1, -0.05) is 30.3 Å². The summed E-state index contributed by atoms with van der Waals surface area (Å²) >= 11 is 0. The lowest BCUT2D eigenvalue weighted by Gasteiger charge is -2.18. The third-order valence-corrected chi connectivity index (χ3v) is 4.83. The number of nitrogens with one attached hydrogen (secondary N) is 1. The topological polar surface area (TPSA) is 67.3 Å². The van der Waals surface area contributed by atoms with E-state index in [2.05, 4.69) is 15.2 Å². The number of carbonyl (C=O) groups is 1. The molecule has 148 valence electrons. The van der Waals surface area contributed by atoms with Crippen LogP contribution < -0.4 is 15.0 Å². The molecule has 2 heterocycles. The zero-order valence-electron chi connectivity index (χ0n) is 16.5. The molecule has 1 saturated heterocycles. The van der Waals surface area contributed by atoms with E-state index < -0.39 is 0 Å². The summed E-state index contributed by atoms with van der Waals surface area (Å²) in [5.74, 6) is 1.88. The molecule has 0 atom stereocenters. The number of hydrogen-bond donors (Lipinski definition) is 1. The lowest BCUT2D eigenvalue weighted by Crippen LogP contribution is -2.22. The quantitative estimate of drug-likeness (QED) is 0.678. The van der Waals surface area contributed by atoms with E-state index in [9.17, 15) is 4.79 Å². The monoisotopic (exact) mass is 388 g/mol. The first kappa shape index (κ1) is 18.9. The molecule has 0 spiro atoms. The Morgan fingerprint density at radius 3 is 2.45 bits per heavy atom. The smallest absolute Gasteiger partial charge is 0.274 e. The Hall–Kier alpha value is -3.41. The molecule has 0 saturated carbocycles. The molecule has 1 aliphatic heterocycles. The minimum atomic E-state index is -0.255. The maximum absolute atomic E-state index is 12.9. The van der Waals surface area contributed by atoms with Crippen LogP contribution in [0, 0.1) is 0 Å². The fourth-order valence-corrected chi connectivity index (χ4v) is 3.37. The molecule has 0 radical (unpaired) electrons. The fraction of sp³-hybridized carbons (Fsp3) is 0.261. The van der Waals surface area contributed by atoms with Crippen molar-refractivity contribution in [2.24, 2.45) is 0 Å². The molecule has 6 heteroatoms. The number of amides is 1. The Kier molecular flexibility index (Phi) is 5.70. The van der Waals surface area contributed by atoms with Crippen LogP contribution in [0.25, 0.3) is 11.4 Å². The van der Waals surface area contributed by atoms with Gasteiger partial charge in [0, 0.05) is 30.4 Å². The average molecular weight is 388 g/mol. The molecule has 29 heavy (non-hydrogen) atoms. The van der Waals surface area contributed by atoms with Crippen molar-refractivity contribution in [3.8, 4) is 17.1 Å². The largest absolute Gasteiger partial charge is 0.494 e. The standard InChI is InChI=1S/C23H24N4O2/c1-2-29-19-12-10-18(11-13-19)24-23(28)20-16-21(27-14-6-7-15-27)26-22(25-20)17-8-4-3-5-9-17/h3-5,8-13,16H,2,6-7,14-15H2,1H3,(H,24,28). The number of carbonyl (C=O) groups excluding carboxylic acids is 1. The molecule has 1 aliphatic rings. The zero-order valence-corrected chi connectivity index (χ0v) is 16.5. The van der Waals surface area contributed by atoms with Gasteiger partial charge in [0.05, 0.1) is 6.61 Å². The number of rotatable bonds is 6. The van der Waals surface area contributed by atoms with E-state index in [0.29, 0.717) is 23.8 Å². The molecule has 6 nitrogen and oxygen atoms in total. The van der Waals surface area contributed by atoms with Crippen molar-refractivity contribution in [3.05, 3.63) is 66.4 Å². The predicted molar refractivity (Wildman–Crippen MR) is 114 cm³/mol. The number of benzene rings is 2. The Labute approximate surface area is 170 Å². The van der Waals surface area contributed by atoms with Gasteiger partial charge in [0.2, 0.25) is 0 Å². The Bertz CT molecular complexity index is 968. The molecule has 3 aromatic rings. The van der Waals surface area contributed by atoms with Gasteiger partial charge in [0.25, 0.3) is 5.91 Å². The molecule has 0 bridgehead atoms. The highest BCUT2D eigenvalue weighted by molar-refractivity contribution is 6.03. The van der Waals surface area contributed by atoms with E-state index in [-0.39, 0.29) is 5.91 Å². The van der Waals surface area contributed by atoms with Gasteiger partial charge in [-0.15, -0.1) is 0 Å². The van der Waals surface area contributed by atoms with Gasteiger partial charge < -0.3 is 15.0 Å². The van der Waals surface area contributed by atoms with E-state index in [1.54, 1.807) is 6.07 Å². The molecule has 1 N–H and O–H groups in total. The first-order valence-electron chi connectivity index (χ1n) is 9.96. The number of hydrogen-bond acceptors (Lipinski definition) is 5. The third-order valence-electron chi connectivity index (χ3n) is 4.83. The molecule has 2 aromatic carbocycles. The molecule has 1 aromatic heterocycles. The molecule has 0 unspecified atom stereocenters. The minimum absolute atomic E-state index is 0.255. The summed E-state index contributed by atoms with van der Waals surface area (Å²) in [6, 6.07) is 18.9. The number of aromatic nitrogens is 2. The van der Waals surface area contributed by atoms with Gasteiger partial charge in [0.15, 0.2) is 5.82 Å². The number of anilines is 2. The van der Waals surface area contributed by atoms with Crippen molar-refractivity contribution in [1.29, 1.82) is 0 Å². The fourth-order valence-electron chi connectivity index (χ4n) is 3.37. The van der Waals surface area contributed by atoms with Crippen LogP contribution in [0.2, 0.25) is 0 Å². The summed E-state index contributed by atoms with van der Waals surface area (Å²) in [5, 5.41) is 2.92. The third kappa shape index (κ3) is 4.54. The van der Waals surface area contributed by atoms with Crippen LogP contribution in [-0.2, 0) is 0 Å². The molecule has 1 fully saturated rings. The first-order chi connectivity index (χ1) is 14.2. The Morgan fingerprint density at radius 1 is 1.03 bits per heavy atom. The van der Waals surface area contributed by atoms with Crippen molar-refractivity contribution < 1.29 is 9.53 Å². The highest BCUT2D eigenvalue weighted by atomic mass is 16.5. The first-order valence-corrected chi connectivity index (χ1v) is 9.96. The van der Waals surface area contributed by atoms with Crippen molar-refractivity contribution in [1.82, 2.24) is 9.97 Å². The van der Waals surface area contributed by atoms with Gasteiger partial charge in [0.1, 0.15) is 17.3 Å². The van der Waals surface area contributed by atoms with Crippen LogP contribution in [0.15, 0.2) is 60.7 Å². The zero-order chi connectivity index (χ0) is 20.1. The Morgan fingerprint density at radius 2 is 1.76 bits per heavy atom. The number of nitrogens with zero attached hydrogens (tertiary/aromatic N) is 3. The average Bonchev–Trinajstić information content (AvgIpc) is 3.31. The van der Waals surface area contributed by atoms with E-state index in [4.69, 9.17) is 9.72 Å². The normalized spacial score (nSPS) is 13.3. The lowest BCUT2D eigenvalue weighted by atomic mass is 10.2. The van der Waals surface area contributed by atoms with E-state index in [0.717, 1.165) is 43.1 Å². The van der Waals surface area contributed by atoms with Crippen molar-refractivity contribution in [3.63, 3.8) is 0 Å². The van der Waals surface area contributed by atoms with Gasteiger partial charge in [-0.3, -0.25) is 4.79 Å². The van der Waals surface area contributed by atoms with Gasteiger partial charge in [-0.2, -0.15) is 0 Å². The van der Waals surface area contributed by atoms with Gasteiger partial charge in [-0.25, -0.2) is 9.97 Å². The highest BCUT2D eigenvalue weighted by Crippen LogP contribution is 2.24. The summed E-state index contributed by atoms with van der Waals surface area (Å²) < 4.78 is 5.45. The van der Waals surface area contributed by atoms with Crippen LogP contribution in [0.3, 0.4) is 0 Å². The second kappa shape index (κ2) is 8.73. The maximum Gasteiger partial charge on any atom is 0.274 e. The van der Waals surface area contributed by atoms with E-state index >= 15 is 0 Å². The van der Waals surface area contributed by atoms with Crippen LogP contribution in [0.4, 0.5) is 11.5 Å². The second-order valence-corrected chi connectivity index (χ2v) is 6.91. The molecular weight excluding hydrogens is 364 g/mol. The van der Waals surface area contributed by atoms with Crippen LogP contribution in [0.1, 0.15) is 30.3 Å². The van der Waals surface area contributed by atoms with E-state index in [1.165, 1.54) is 0 Å². The summed E-state index contributed by atoms with van der Waals surface area (Å²) in [6.07, 6.45) is 2.27. The summed E-state index contributed by atoms with van der Waals surface area (Å²) in [5.41, 5.74) is 1.94. The van der Waals surface area contributed by atoms with Crippen molar-refractivity contribution in [2.75, 3.05) is 29.9 Å². The number of ether oxygens (including phenoxy) is 1. The molecular formula is C23H24N4O2. The summed E-state index contributed by atoms with van der Waals surface area (Å²) in [7, 11) is 0. The molecule has 1 amide bonds. The van der Waals surface area contributed by atoms with Crippen LogP contribution in [0.5, 0.6) is 5.75 Å². The summed E-state index contributed by atoms with van der Waals surface area (Å²) in [6.45, 7) is 4.44. The Balaban J connectivity index is 1.62. The van der Waals surface area contributed by atoms with Gasteiger partial charge >= 0.3 is 0 Å². The lowest BCUT2D eigenvalue weighted by molar-refractivity contribution is 0.102.